The predicted molar refractivity (Wildman–Crippen MR) is 69.4 cm³/mol. The number of rotatable bonds is 4. The van der Waals surface area contributed by atoms with Crippen LogP contribution >= 0.6 is 0 Å². The fourth-order valence-corrected chi connectivity index (χ4v) is 1.79. The van der Waals surface area contributed by atoms with E-state index in [1.54, 1.807) is 24.9 Å². The molecule has 0 unspecified atom stereocenters. The van der Waals surface area contributed by atoms with Crippen LogP contribution in [0.2, 0.25) is 0 Å². The molecule has 0 aromatic carbocycles. The first-order valence-corrected chi connectivity index (χ1v) is 6.00. The molecule has 2 N–H and O–H groups in total. The fraction of sp³-hybridized carbons (Fsp3) is 0.417. The summed E-state index contributed by atoms with van der Waals surface area (Å²) >= 11 is 0. The summed E-state index contributed by atoms with van der Waals surface area (Å²) in [6.45, 7) is 4.68. The Morgan fingerprint density at radius 2 is 2.26 bits per heavy atom. The van der Waals surface area contributed by atoms with E-state index in [0.29, 0.717) is 11.4 Å². The third-order valence-electron chi connectivity index (χ3n) is 2.84. The van der Waals surface area contributed by atoms with Gasteiger partial charge < -0.3 is 10.5 Å². The van der Waals surface area contributed by atoms with E-state index >= 15 is 0 Å². The summed E-state index contributed by atoms with van der Waals surface area (Å²) in [5, 5.41) is 8.19. The average Bonchev–Trinajstić information content (AvgIpc) is 2.93. The maximum Gasteiger partial charge on any atom is 0.359 e. The number of aryl methyl sites for hydroxylation is 3. The van der Waals surface area contributed by atoms with Gasteiger partial charge >= 0.3 is 5.97 Å². The van der Waals surface area contributed by atoms with Gasteiger partial charge in [-0.3, -0.25) is 9.36 Å². The minimum absolute atomic E-state index is 0.169. The summed E-state index contributed by atoms with van der Waals surface area (Å²) in [5.41, 5.74) is 7.89. The van der Waals surface area contributed by atoms with Crippen LogP contribution in [-0.4, -0.2) is 25.5 Å². The number of ether oxygens (including phenoxy) is 1. The number of aromatic nitrogens is 4. The highest BCUT2D eigenvalue weighted by molar-refractivity contribution is 5.93. The SMILES string of the molecule is CCn1cc(COC(=O)c2c(N)c(C)nn2C)cn1. The standard InChI is InChI=1S/C12H17N5O2/c1-4-17-6-9(5-14-17)7-19-12(18)11-10(13)8(2)15-16(11)3/h5-6H,4,7,13H2,1-3H3. The van der Waals surface area contributed by atoms with Crippen molar-refractivity contribution < 1.29 is 9.53 Å². The molecule has 102 valence electrons. The largest absolute Gasteiger partial charge is 0.456 e. The van der Waals surface area contributed by atoms with E-state index in [-0.39, 0.29) is 12.3 Å². The molecule has 0 saturated heterocycles. The first kappa shape index (κ1) is 13.1. The summed E-state index contributed by atoms with van der Waals surface area (Å²) in [5.74, 6) is -0.482. The number of hydrogen-bond acceptors (Lipinski definition) is 5. The zero-order valence-corrected chi connectivity index (χ0v) is 11.3. The molecule has 0 aliphatic rings. The van der Waals surface area contributed by atoms with Crippen LogP contribution in [0.3, 0.4) is 0 Å². The molecule has 0 radical (unpaired) electrons. The van der Waals surface area contributed by atoms with Gasteiger partial charge in [0, 0.05) is 25.4 Å². The molecule has 2 rings (SSSR count). The molecule has 0 aliphatic carbocycles. The maximum atomic E-state index is 12.0. The fourth-order valence-electron chi connectivity index (χ4n) is 1.79. The molecule has 7 heteroatoms. The van der Waals surface area contributed by atoms with Crippen molar-refractivity contribution in [1.82, 2.24) is 19.6 Å². The summed E-state index contributed by atoms with van der Waals surface area (Å²) < 4.78 is 8.42. The van der Waals surface area contributed by atoms with Crippen LogP contribution in [0.25, 0.3) is 0 Å². The molecular weight excluding hydrogens is 246 g/mol. The number of carbonyl (C=O) groups excluding carboxylic acids is 1. The molecule has 0 amide bonds. The zero-order chi connectivity index (χ0) is 14.0. The minimum Gasteiger partial charge on any atom is -0.456 e. The normalized spacial score (nSPS) is 10.7. The lowest BCUT2D eigenvalue weighted by Gasteiger charge is -2.04. The quantitative estimate of drug-likeness (QED) is 0.827. The van der Waals surface area contributed by atoms with Crippen LogP contribution < -0.4 is 5.73 Å². The summed E-state index contributed by atoms with van der Waals surface area (Å²) in [4.78, 5) is 12.0. The Balaban J connectivity index is 2.05. The topological polar surface area (TPSA) is 88.0 Å². The van der Waals surface area contributed by atoms with E-state index in [2.05, 4.69) is 10.2 Å². The van der Waals surface area contributed by atoms with E-state index in [1.165, 1.54) is 4.68 Å². The Bertz CT molecular complexity index is 599. The molecule has 0 saturated carbocycles. The maximum absolute atomic E-state index is 12.0. The third kappa shape index (κ3) is 2.59. The van der Waals surface area contributed by atoms with Crippen molar-refractivity contribution in [3.8, 4) is 0 Å². The van der Waals surface area contributed by atoms with Gasteiger partial charge in [0.25, 0.3) is 0 Å². The van der Waals surface area contributed by atoms with Crippen LogP contribution in [0.5, 0.6) is 0 Å². The van der Waals surface area contributed by atoms with Crippen LogP contribution in [0.15, 0.2) is 12.4 Å². The Labute approximate surface area is 111 Å². The molecule has 0 atom stereocenters. The number of nitrogens with two attached hydrogens (primary N) is 1. The number of carbonyl (C=O) groups is 1. The number of nitrogen functional groups attached to an aromatic ring is 1. The van der Waals surface area contributed by atoms with Crippen molar-refractivity contribution in [3.05, 3.63) is 29.3 Å². The van der Waals surface area contributed by atoms with Gasteiger partial charge in [-0.2, -0.15) is 10.2 Å². The molecule has 19 heavy (non-hydrogen) atoms. The lowest BCUT2D eigenvalue weighted by Crippen LogP contribution is -2.12. The van der Waals surface area contributed by atoms with E-state index in [4.69, 9.17) is 10.5 Å². The third-order valence-corrected chi connectivity index (χ3v) is 2.84. The summed E-state index contributed by atoms with van der Waals surface area (Å²) in [7, 11) is 1.66. The van der Waals surface area contributed by atoms with E-state index in [0.717, 1.165) is 12.1 Å². The van der Waals surface area contributed by atoms with Crippen LogP contribution in [0.4, 0.5) is 5.69 Å². The summed E-state index contributed by atoms with van der Waals surface area (Å²) in [6, 6.07) is 0. The first-order valence-electron chi connectivity index (χ1n) is 6.00. The molecule has 2 heterocycles. The second-order valence-corrected chi connectivity index (χ2v) is 4.25. The number of nitrogens with zero attached hydrogens (tertiary/aromatic N) is 4. The van der Waals surface area contributed by atoms with E-state index in [1.807, 2.05) is 13.1 Å². The van der Waals surface area contributed by atoms with Gasteiger partial charge in [0.1, 0.15) is 6.61 Å². The Morgan fingerprint density at radius 1 is 1.53 bits per heavy atom. The average molecular weight is 263 g/mol. The summed E-state index contributed by atoms with van der Waals surface area (Å²) in [6.07, 6.45) is 3.51. The van der Waals surface area contributed by atoms with Gasteiger partial charge in [0.15, 0.2) is 5.69 Å². The van der Waals surface area contributed by atoms with Crippen molar-refractivity contribution >= 4 is 11.7 Å². The molecule has 0 bridgehead atoms. The molecule has 0 fully saturated rings. The molecule has 2 aromatic heterocycles. The number of anilines is 1. The van der Waals surface area contributed by atoms with Crippen LogP contribution in [-0.2, 0) is 24.9 Å². The Kier molecular flexibility index (Phi) is 3.55. The van der Waals surface area contributed by atoms with Crippen LogP contribution in [0, 0.1) is 6.92 Å². The molecule has 0 spiro atoms. The number of esters is 1. The second kappa shape index (κ2) is 5.13. The predicted octanol–water partition coefficient (Wildman–Crippen LogP) is 0.884. The van der Waals surface area contributed by atoms with E-state index in [9.17, 15) is 4.79 Å². The Morgan fingerprint density at radius 3 is 2.79 bits per heavy atom. The monoisotopic (exact) mass is 263 g/mol. The highest BCUT2D eigenvalue weighted by Crippen LogP contribution is 2.16. The van der Waals surface area contributed by atoms with Gasteiger partial charge in [0.05, 0.1) is 17.6 Å². The van der Waals surface area contributed by atoms with Crippen molar-refractivity contribution in [2.45, 2.75) is 27.0 Å². The van der Waals surface area contributed by atoms with Crippen molar-refractivity contribution in [2.75, 3.05) is 5.73 Å². The van der Waals surface area contributed by atoms with Crippen molar-refractivity contribution in [1.29, 1.82) is 0 Å². The van der Waals surface area contributed by atoms with Crippen LogP contribution in [0.1, 0.15) is 28.7 Å². The Hall–Kier alpha value is -2.31. The lowest BCUT2D eigenvalue weighted by molar-refractivity contribution is 0.0461. The smallest absolute Gasteiger partial charge is 0.359 e. The molecule has 2 aromatic rings. The van der Waals surface area contributed by atoms with Gasteiger partial charge in [-0.15, -0.1) is 0 Å². The number of hydrogen-bond donors (Lipinski definition) is 1. The van der Waals surface area contributed by atoms with Gasteiger partial charge in [-0.05, 0) is 13.8 Å². The van der Waals surface area contributed by atoms with E-state index < -0.39 is 5.97 Å². The molecular formula is C12H17N5O2. The van der Waals surface area contributed by atoms with Gasteiger partial charge in [0.2, 0.25) is 0 Å². The zero-order valence-electron chi connectivity index (χ0n) is 11.3. The lowest BCUT2D eigenvalue weighted by atomic mass is 10.3. The highest BCUT2D eigenvalue weighted by atomic mass is 16.5. The highest BCUT2D eigenvalue weighted by Gasteiger charge is 2.19. The van der Waals surface area contributed by atoms with Gasteiger partial charge in [-0.25, -0.2) is 4.79 Å². The van der Waals surface area contributed by atoms with Gasteiger partial charge in [-0.1, -0.05) is 0 Å². The minimum atomic E-state index is -0.482. The first-order chi connectivity index (χ1) is 9.02. The second-order valence-electron chi connectivity index (χ2n) is 4.25. The van der Waals surface area contributed by atoms with Crippen molar-refractivity contribution in [2.24, 2.45) is 7.05 Å². The molecule has 0 aliphatic heterocycles. The van der Waals surface area contributed by atoms with Crippen molar-refractivity contribution in [3.63, 3.8) is 0 Å². The molecule has 7 nitrogen and oxygen atoms in total.